The van der Waals surface area contributed by atoms with Gasteiger partial charge >= 0.3 is 5.56 Å². The van der Waals surface area contributed by atoms with E-state index in [1.165, 1.54) is 16.7 Å². The number of amides is 1. The predicted octanol–water partition coefficient (Wildman–Crippen LogP) is 2.97. The molecule has 0 saturated carbocycles. The summed E-state index contributed by atoms with van der Waals surface area (Å²) in [6.45, 7) is 2.48. The lowest BCUT2D eigenvalue weighted by molar-refractivity contribution is -0.122. The largest absolute Gasteiger partial charge is 0.351 e. The number of hydrogen-bond acceptors (Lipinski definition) is 5. The summed E-state index contributed by atoms with van der Waals surface area (Å²) in [6.07, 6.45) is 4.09. The number of benzene rings is 1. The van der Waals surface area contributed by atoms with Crippen molar-refractivity contribution in [1.29, 1.82) is 0 Å². The maximum atomic E-state index is 13.5. The van der Waals surface area contributed by atoms with Crippen LogP contribution in [-0.2, 0) is 17.8 Å². The molecular formula is C21H20FN5O2S. The van der Waals surface area contributed by atoms with Crippen molar-refractivity contribution >= 4 is 22.9 Å². The molecule has 0 bridgehead atoms. The summed E-state index contributed by atoms with van der Waals surface area (Å²) in [6, 6.07) is 9.73. The third kappa shape index (κ3) is 4.30. The minimum Gasteiger partial charge on any atom is -0.351 e. The standard InChI is InChI=1S/C21H20FN5O2S/c1-14(11-19(28)23-13-17-6-3-9-30-17)10-18-24-25-20-21(29)26(7-8-27(18)20)16-5-2-4-15(22)12-16/h2-9,12,14H,10-11,13H2,1H3,(H,23,28). The number of nitrogens with zero attached hydrogens (tertiary/aromatic N) is 4. The molecule has 30 heavy (non-hydrogen) atoms. The van der Waals surface area contributed by atoms with Crippen LogP contribution in [0.3, 0.4) is 0 Å². The number of fused-ring (bicyclic) bond motifs is 1. The Balaban J connectivity index is 1.46. The summed E-state index contributed by atoms with van der Waals surface area (Å²) in [7, 11) is 0. The third-order valence-electron chi connectivity index (χ3n) is 4.73. The SMILES string of the molecule is CC(CC(=O)NCc1cccs1)Cc1nnc2c(=O)n(-c3cccc(F)c3)ccn12. The van der Waals surface area contributed by atoms with Gasteiger partial charge in [0.1, 0.15) is 11.6 Å². The zero-order valence-corrected chi connectivity index (χ0v) is 17.1. The number of aromatic nitrogens is 4. The Labute approximate surface area is 175 Å². The monoisotopic (exact) mass is 425 g/mol. The van der Waals surface area contributed by atoms with Gasteiger partial charge in [-0.25, -0.2) is 4.39 Å². The second kappa shape index (κ2) is 8.58. The van der Waals surface area contributed by atoms with Crippen molar-refractivity contribution in [3.8, 4) is 5.69 Å². The summed E-state index contributed by atoms with van der Waals surface area (Å²) in [5.74, 6) is 0.171. The van der Waals surface area contributed by atoms with Crippen LogP contribution in [0.5, 0.6) is 0 Å². The van der Waals surface area contributed by atoms with E-state index in [4.69, 9.17) is 0 Å². The van der Waals surface area contributed by atoms with Gasteiger partial charge < -0.3 is 5.32 Å². The number of nitrogens with one attached hydrogen (secondary N) is 1. The van der Waals surface area contributed by atoms with Gasteiger partial charge in [-0.05, 0) is 35.6 Å². The van der Waals surface area contributed by atoms with E-state index in [-0.39, 0.29) is 23.0 Å². The molecule has 0 radical (unpaired) electrons. The molecule has 1 atom stereocenters. The number of carbonyl (C=O) groups is 1. The van der Waals surface area contributed by atoms with Crippen molar-refractivity contribution < 1.29 is 9.18 Å². The number of hydrogen-bond donors (Lipinski definition) is 1. The molecule has 1 amide bonds. The Bertz CT molecular complexity index is 1230. The Hall–Kier alpha value is -3.33. The van der Waals surface area contributed by atoms with E-state index in [2.05, 4.69) is 15.5 Å². The molecule has 0 saturated heterocycles. The first kappa shape index (κ1) is 20.0. The van der Waals surface area contributed by atoms with Crippen LogP contribution in [0.1, 0.15) is 24.0 Å². The van der Waals surface area contributed by atoms with Crippen molar-refractivity contribution in [2.45, 2.75) is 26.3 Å². The van der Waals surface area contributed by atoms with E-state index in [1.54, 1.807) is 40.3 Å². The summed E-state index contributed by atoms with van der Waals surface area (Å²) < 4.78 is 16.5. The van der Waals surface area contributed by atoms with Gasteiger partial charge in [-0.3, -0.25) is 18.6 Å². The van der Waals surface area contributed by atoms with Crippen molar-refractivity contribution in [1.82, 2.24) is 24.5 Å². The minimum absolute atomic E-state index is 0.0198. The number of thiophene rings is 1. The van der Waals surface area contributed by atoms with Crippen LogP contribution in [0.25, 0.3) is 11.3 Å². The maximum absolute atomic E-state index is 13.5. The van der Waals surface area contributed by atoms with Gasteiger partial charge in [-0.1, -0.05) is 19.1 Å². The molecular weight excluding hydrogens is 405 g/mol. The first-order chi connectivity index (χ1) is 14.5. The average molecular weight is 425 g/mol. The van der Waals surface area contributed by atoms with Crippen LogP contribution in [-0.4, -0.2) is 25.1 Å². The Morgan fingerprint density at radius 3 is 2.87 bits per heavy atom. The van der Waals surface area contributed by atoms with Gasteiger partial charge in [0.2, 0.25) is 11.6 Å². The number of carbonyl (C=O) groups excluding carboxylic acids is 1. The van der Waals surface area contributed by atoms with E-state index in [0.717, 1.165) is 4.88 Å². The van der Waals surface area contributed by atoms with Crippen LogP contribution in [0.2, 0.25) is 0 Å². The maximum Gasteiger partial charge on any atom is 0.300 e. The molecule has 3 aromatic heterocycles. The minimum atomic E-state index is -0.424. The zero-order valence-electron chi connectivity index (χ0n) is 16.3. The number of rotatable bonds is 7. The van der Waals surface area contributed by atoms with Crippen LogP contribution in [0, 0.1) is 11.7 Å². The second-order valence-electron chi connectivity index (χ2n) is 7.13. The molecule has 0 spiro atoms. The molecule has 4 rings (SSSR count). The molecule has 0 fully saturated rings. The molecule has 154 valence electrons. The first-order valence-electron chi connectivity index (χ1n) is 9.51. The smallest absolute Gasteiger partial charge is 0.300 e. The lowest BCUT2D eigenvalue weighted by Gasteiger charge is -2.11. The van der Waals surface area contributed by atoms with Crippen molar-refractivity contribution in [2.24, 2.45) is 5.92 Å². The van der Waals surface area contributed by atoms with Gasteiger partial charge in [-0.15, -0.1) is 21.5 Å². The molecule has 0 aliphatic rings. The van der Waals surface area contributed by atoms with Crippen LogP contribution >= 0.6 is 11.3 Å². The van der Waals surface area contributed by atoms with Gasteiger partial charge in [-0.2, -0.15) is 0 Å². The quantitative estimate of drug-likeness (QED) is 0.494. The first-order valence-corrected chi connectivity index (χ1v) is 10.4. The predicted molar refractivity (Wildman–Crippen MR) is 112 cm³/mol. The Morgan fingerprint density at radius 1 is 1.23 bits per heavy atom. The lowest BCUT2D eigenvalue weighted by Crippen LogP contribution is -2.25. The van der Waals surface area contributed by atoms with E-state index in [1.807, 2.05) is 24.4 Å². The average Bonchev–Trinajstić information content (AvgIpc) is 3.37. The highest BCUT2D eigenvalue weighted by molar-refractivity contribution is 7.09. The fourth-order valence-electron chi connectivity index (χ4n) is 3.27. The molecule has 1 N–H and O–H groups in total. The van der Waals surface area contributed by atoms with E-state index < -0.39 is 5.82 Å². The fourth-order valence-corrected chi connectivity index (χ4v) is 3.92. The Kier molecular flexibility index (Phi) is 5.71. The molecule has 9 heteroatoms. The van der Waals surface area contributed by atoms with Crippen molar-refractivity contribution in [2.75, 3.05) is 0 Å². The Morgan fingerprint density at radius 2 is 2.10 bits per heavy atom. The highest BCUT2D eigenvalue weighted by atomic mass is 32.1. The highest BCUT2D eigenvalue weighted by Gasteiger charge is 2.16. The van der Waals surface area contributed by atoms with Crippen molar-refractivity contribution in [3.63, 3.8) is 0 Å². The van der Waals surface area contributed by atoms with Gasteiger partial charge in [0.05, 0.1) is 12.2 Å². The van der Waals surface area contributed by atoms with Gasteiger partial charge in [0.25, 0.3) is 0 Å². The number of halogens is 1. The molecule has 0 aliphatic carbocycles. The topological polar surface area (TPSA) is 81.3 Å². The summed E-state index contributed by atoms with van der Waals surface area (Å²) in [4.78, 5) is 26.1. The molecule has 1 unspecified atom stereocenters. The molecule has 4 aromatic rings. The normalized spacial score (nSPS) is 12.2. The molecule has 3 heterocycles. The van der Waals surface area contributed by atoms with Gasteiger partial charge in [0.15, 0.2) is 0 Å². The molecule has 1 aromatic carbocycles. The van der Waals surface area contributed by atoms with E-state index in [9.17, 15) is 14.0 Å². The lowest BCUT2D eigenvalue weighted by atomic mass is 10.0. The van der Waals surface area contributed by atoms with Crippen LogP contribution in [0.15, 0.2) is 59.0 Å². The summed E-state index contributed by atoms with van der Waals surface area (Å²) >= 11 is 1.60. The summed E-state index contributed by atoms with van der Waals surface area (Å²) in [5, 5.41) is 13.0. The van der Waals surface area contributed by atoms with Gasteiger partial charge in [0, 0.05) is 30.1 Å². The van der Waals surface area contributed by atoms with Crippen LogP contribution < -0.4 is 10.9 Å². The second-order valence-corrected chi connectivity index (χ2v) is 8.16. The molecule has 0 aliphatic heterocycles. The van der Waals surface area contributed by atoms with Crippen LogP contribution in [0.4, 0.5) is 4.39 Å². The highest BCUT2D eigenvalue weighted by Crippen LogP contribution is 2.13. The van der Waals surface area contributed by atoms with E-state index in [0.29, 0.717) is 30.9 Å². The zero-order chi connectivity index (χ0) is 21.1. The third-order valence-corrected chi connectivity index (χ3v) is 5.61. The fraction of sp³-hybridized carbons (Fsp3) is 0.238. The summed E-state index contributed by atoms with van der Waals surface area (Å²) in [5.41, 5.74) is 0.192. The molecule has 7 nitrogen and oxygen atoms in total. The van der Waals surface area contributed by atoms with Crippen molar-refractivity contribution in [3.05, 3.63) is 81.0 Å². The van der Waals surface area contributed by atoms with E-state index >= 15 is 0 Å².